The van der Waals surface area contributed by atoms with Crippen LogP contribution in [0.5, 0.6) is 11.5 Å². The molecule has 1 aromatic carbocycles. The lowest BCUT2D eigenvalue weighted by atomic mass is 10.1. The zero-order valence-electron chi connectivity index (χ0n) is 12.4. The van der Waals surface area contributed by atoms with E-state index in [0.717, 1.165) is 23.3 Å². The van der Waals surface area contributed by atoms with Crippen LogP contribution in [0.4, 0.5) is 5.69 Å². The van der Waals surface area contributed by atoms with Crippen LogP contribution < -0.4 is 14.8 Å². The van der Waals surface area contributed by atoms with E-state index in [1.165, 1.54) is 0 Å². The first-order valence-corrected chi connectivity index (χ1v) is 6.92. The van der Waals surface area contributed by atoms with Crippen LogP contribution in [0.3, 0.4) is 0 Å². The Bertz CT molecular complexity index is 545. The predicted octanol–water partition coefficient (Wildman–Crippen LogP) is 3.31. The molecule has 1 N–H and O–H groups in total. The quantitative estimate of drug-likeness (QED) is 0.858. The molecule has 1 unspecified atom stereocenters. The van der Waals surface area contributed by atoms with Crippen LogP contribution in [0.15, 0.2) is 23.8 Å². The summed E-state index contributed by atoms with van der Waals surface area (Å²) in [6.07, 6.45) is 2.60. The fourth-order valence-electron chi connectivity index (χ4n) is 2.24. The number of hydrogen-bond donors (Lipinski definition) is 1. The summed E-state index contributed by atoms with van der Waals surface area (Å²) in [6.45, 7) is 8.28. The minimum Gasteiger partial charge on any atom is -0.492 e. The van der Waals surface area contributed by atoms with Crippen molar-refractivity contribution < 1.29 is 14.3 Å². The predicted molar refractivity (Wildman–Crippen MR) is 79.5 cm³/mol. The van der Waals surface area contributed by atoms with Crippen LogP contribution in [-0.2, 0) is 11.2 Å². The molecule has 0 saturated carbocycles. The maximum atomic E-state index is 11.9. The van der Waals surface area contributed by atoms with E-state index in [-0.39, 0.29) is 12.0 Å². The van der Waals surface area contributed by atoms with E-state index in [1.54, 1.807) is 6.08 Å². The number of fused-ring (bicyclic) bond motifs is 1. The molecule has 4 heteroatoms. The highest BCUT2D eigenvalue weighted by atomic mass is 16.5. The Morgan fingerprint density at radius 1 is 1.50 bits per heavy atom. The first-order valence-electron chi connectivity index (χ1n) is 6.92. The lowest BCUT2D eigenvalue weighted by Crippen LogP contribution is -2.10. The minimum atomic E-state index is -0.156. The van der Waals surface area contributed by atoms with Gasteiger partial charge in [-0.3, -0.25) is 4.79 Å². The molecule has 4 nitrogen and oxygen atoms in total. The van der Waals surface area contributed by atoms with Crippen molar-refractivity contribution in [1.29, 1.82) is 0 Å². The van der Waals surface area contributed by atoms with E-state index < -0.39 is 0 Å². The van der Waals surface area contributed by atoms with Crippen molar-refractivity contribution in [3.63, 3.8) is 0 Å². The second-order valence-corrected chi connectivity index (χ2v) is 5.23. The molecule has 1 heterocycles. The van der Waals surface area contributed by atoms with Gasteiger partial charge in [0.2, 0.25) is 5.91 Å². The molecule has 0 bridgehead atoms. The summed E-state index contributed by atoms with van der Waals surface area (Å²) >= 11 is 0. The molecular formula is C16H21NO3. The maximum absolute atomic E-state index is 11.9. The number of hydrogen-bond acceptors (Lipinski definition) is 3. The Morgan fingerprint density at radius 2 is 2.25 bits per heavy atom. The molecule has 1 aliphatic heterocycles. The Kier molecular flexibility index (Phi) is 4.32. The molecule has 0 saturated heterocycles. The Labute approximate surface area is 119 Å². The molecule has 1 aromatic rings. The molecule has 1 amide bonds. The van der Waals surface area contributed by atoms with E-state index in [9.17, 15) is 4.79 Å². The number of ether oxygens (including phenoxy) is 2. The van der Waals surface area contributed by atoms with Crippen molar-refractivity contribution >= 4 is 11.6 Å². The lowest BCUT2D eigenvalue weighted by Gasteiger charge is -2.12. The van der Waals surface area contributed by atoms with Crippen LogP contribution in [0.25, 0.3) is 0 Å². The molecule has 2 rings (SSSR count). The third-order valence-corrected chi connectivity index (χ3v) is 2.98. The molecule has 0 radical (unpaired) electrons. The average Bonchev–Trinajstić information content (AvgIpc) is 2.68. The van der Waals surface area contributed by atoms with Crippen molar-refractivity contribution in [2.75, 3.05) is 11.9 Å². The first kappa shape index (κ1) is 14.4. The summed E-state index contributed by atoms with van der Waals surface area (Å²) < 4.78 is 11.3. The second kappa shape index (κ2) is 5.99. The molecule has 1 atom stereocenters. The summed E-state index contributed by atoms with van der Waals surface area (Å²) in [5.41, 5.74) is 2.73. The van der Waals surface area contributed by atoms with Gasteiger partial charge in [0.25, 0.3) is 0 Å². The van der Waals surface area contributed by atoms with Crippen molar-refractivity contribution in [3.8, 4) is 11.5 Å². The van der Waals surface area contributed by atoms with Crippen LogP contribution in [0.2, 0.25) is 0 Å². The van der Waals surface area contributed by atoms with E-state index in [1.807, 2.05) is 39.8 Å². The van der Waals surface area contributed by atoms with Gasteiger partial charge in [-0.2, -0.15) is 0 Å². The Hall–Kier alpha value is -1.97. The van der Waals surface area contributed by atoms with Gasteiger partial charge in [0.05, 0.1) is 12.3 Å². The van der Waals surface area contributed by atoms with Gasteiger partial charge >= 0.3 is 0 Å². The first-order chi connectivity index (χ1) is 9.49. The van der Waals surface area contributed by atoms with E-state index in [0.29, 0.717) is 18.0 Å². The summed E-state index contributed by atoms with van der Waals surface area (Å²) in [7, 11) is 0. The van der Waals surface area contributed by atoms with Gasteiger partial charge in [0, 0.05) is 24.1 Å². The Morgan fingerprint density at radius 3 is 2.90 bits per heavy atom. The van der Waals surface area contributed by atoms with Crippen molar-refractivity contribution in [2.45, 2.75) is 40.2 Å². The van der Waals surface area contributed by atoms with Gasteiger partial charge in [-0.15, -0.1) is 0 Å². The van der Waals surface area contributed by atoms with Gasteiger partial charge in [0.15, 0.2) is 0 Å². The highest BCUT2D eigenvalue weighted by Gasteiger charge is 2.22. The summed E-state index contributed by atoms with van der Waals surface area (Å²) in [5, 5.41) is 2.85. The molecule has 0 aromatic heterocycles. The number of allylic oxidation sites excluding steroid dienone is 1. The summed E-state index contributed by atoms with van der Waals surface area (Å²) in [4.78, 5) is 11.9. The number of carbonyl (C=O) groups is 1. The maximum Gasteiger partial charge on any atom is 0.248 e. The number of nitrogens with one attached hydrogen (secondary N) is 1. The standard InChI is InChI=1S/C16H21NO3/c1-5-19-15-8-12-7-11(4)20-14(12)9-13(15)17-16(18)6-10(2)3/h6,8-9,11H,5,7H2,1-4H3,(H,17,18). The van der Waals surface area contributed by atoms with Crippen molar-refractivity contribution in [2.24, 2.45) is 0 Å². The molecule has 0 fully saturated rings. The summed E-state index contributed by atoms with van der Waals surface area (Å²) in [5.74, 6) is 1.37. The van der Waals surface area contributed by atoms with Gasteiger partial charge in [-0.05, 0) is 33.8 Å². The summed E-state index contributed by atoms with van der Waals surface area (Å²) in [6, 6.07) is 3.81. The van der Waals surface area contributed by atoms with Crippen molar-refractivity contribution in [1.82, 2.24) is 0 Å². The highest BCUT2D eigenvalue weighted by Crippen LogP contribution is 2.38. The van der Waals surface area contributed by atoms with Gasteiger partial charge in [-0.25, -0.2) is 0 Å². The zero-order valence-corrected chi connectivity index (χ0v) is 12.4. The van der Waals surface area contributed by atoms with Gasteiger partial charge in [0.1, 0.15) is 17.6 Å². The zero-order chi connectivity index (χ0) is 14.7. The monoisotopic (exact) mass is 275 g/mol. The molecule has 108 valence electrons. The SMILES string of the molecule is CCOc1cc2c(cc1NC(=O)C=C(C)C)OC(C)C2. The average molecular weight is 275 g/mol. The number of amides is 1. The van der Waals surface area contributed by atoms with Crippen LogP contribution in [0, 0.1) is 0 Å². The van der Waals surface area contributed by atoms with Gasteiger partial charge < -0.3 is 14.8 Å². The topological polar surface area (TPSA) is 47.6 Å². The third-order valence-electron chi connectivity index (χ3n) is 2.98. The molecule has 1 aliphatic rings. The highest BCUT2D eigenvalue weighted by molar-refractivity contribution is 6.00. The second-order valence-electron chi connectivity index (χ2n) is 5.23. The van der Waals surface area contributed by atoms with E-state index in [2.05, 4.69) is 5.32 Å². The third kappa shape index (κ3) is 3.32. The van der Waals surface area contributed by atoms with Crippen molar-refractivity contribution in [3.05, 3.63) is 29.3 Å². The van der Waals surface area contributed by atoms with E-state index >= 15 is 0 Å². The number of carbonyl (C=O) groups excluding carboxylic acids is 1. The van der Waals surface area contributed by atoms with Gasteiger partial charge in [-0.1, -0.05) is 5.57 Å². The lowest BCUT2D eigenvalue weighted by molar-refractivity contribution is -0.112. The minimum absolute atomic E-state index is 0.156. The molecular weight excluding hydrogens is 254 g/mol. The number of benzene rings is 1. The molecule has 0 spiro atoms. The number of rotatable bonds is 4. The normalized spacial score (nSPS) is 16.1. The van der Waals surface area contributed by atoms with E-state index in [4.69, 9.17) is 9.47 Å². The van der Waals surface area contributed by atoms with Crippen LogP contribution >= 0.6 is 0 Å². The van der Waals surface area contributed by atoms with Crippen LogP contribution in [-0.4, -0.2) is 18.6 Å². The largest absolute Gasteiger partial charge is 0.492 e. The number of anilines is 1. The molecule has 20 heavy (non-hydrogen) atoms. The fraction of sp³-hybridized carbons (Fsp3) is 0.438. The molecule has 0 aliphatic carbocycles. The Balaban J connectivity index is 2.29. The van der Waals surface area contributed by atoms with Crippen LogP contribution in [0.1, 0.15) is 33.3 Å². The fourth-order valence-corrected chi connectivity index (χ4v) is 2.24. The smallest absolute Gasteiger partial charge is 0.248 e.